The molecule has 1 N–H and O–H groups in total. The van der Waals surface area contributed by atoms with Crippen molar-refractivity contribution >= 4 is 33.5 Å². The van der Waals surface area contributed by atoms with Crippen molar-refractivity contribution in [3.05, 3.63) is 83.7 Å². The quantitative estimate of drug-likeness (QED) is 0.578. The van der Waals surface area contributed by atoms with Crippen LogP contribution >= 0.6 is 0 Å². The number of aromatic nitrogens is 1. The molecule has 2 aliphatic carbocycles. The van der Waals surface area contributed by atoms with Gasteiger partial charge in [-0.05, 0) is 63.6 Å². The zero-order valence-electron chi connectivity index (χ0n) is 16.1. The second-order valence-corrected chi connectivity index (χ2v) is 8.27. The predicted molar refractivity (Wildman–Crippen MR) is 115 cm³/mol. The third-order valence-electron chi connectivity index (χ3n) is 5.95. The predicted octanol–water partition coefficient (Wildman–Crippen LogP) is 6.30. The van der Waals surface area contributed by atoms with Crippen molar-refractivity contribution in [2.24, 2.45) is 5.41 Å². The van der Waals surface area contributed by atoms with Crippen molar-refractivity contribution in [2.45, 2.75) is 26.7 Å². The van der Waals surface area contributed by atoms with Gasteiger partial charge in [0.15, 0.2) is 5.78 Å². The van der Waals surface area contributed by atoms with Crippen LogP contribution in [0.5, 0.6) is 0 Å². The molecule has 3 heteroatoms. The maximum atomic E-state index is 13.1. The molecule has 5 rings (SSSR count). The van der Waals surface area contributed by atoms with Crippen LogP contribution in [0.25, 0.3) is 16.3 Å². The lowest BCUT2D eigenvalue weighted by atomic mass is 9.68. The number of nitrogens with one attached hydrogen (secondary N) is 1. The molecule has 0 bridgehead atoms. The highest BCUT2D eigenvalue weighted by Crippen LogP contribution is 2.47. The summed E-state index contributed by atoms with van der Waals surface area (Å²) in [7, 11) is 0. The molecule has 0 saturated heterocycles. The van der Waals surface area contributed by atoms with Gasteiger partial charge >= 0.3 is 0 Å². The lowest BCUT2D eigenvalue weighted by molar-refractivity contribution is 0.0985. The summed E-state index contributed by atoms with van der Waals surface area (Å²) in [4.78, 5) is 17.2. The molecule has 3 nitrogen and oxygen atoms in total. The summed E-state index contributed by atoms with van der Waals surface area (Å²) in [5.41, 5.74) is 6.51. The number of carbonyl (C=O) groups is 1. The van der Waals surface area contributed by atoms with E-state index in [0.717, 1.165) is 39.7 Å². The monoisotopic (exact) mass is 366 g/mol. The molecule has 138 valence electrons. The summed E-state index contributed by atoms with van der Waals surface area (Å²) in [6.07, 6.45) is 9.50. The average molecular weight is 366 g/mol. The maximum Gasteiger partial charge on any atom is 0.168 e. The Labute approximate surface area is 164 Å². The number of hydrogen-bond acceptors (Lipinski definition) is 3. The molecule has 0 aliphatic heterocycles. The fraction of sp³-hybridized carbons (Fsp3) is 0.200. The van der Waals surface area contributed by atoms with Crippen LogP contribution in [-0.4, -0.2) is 10.8 Å². The van der Waals surface area contributed by atoms with Gasteiger partial charge in [0, 0.05) is 35.8 Å². The summed E-state index contributed by atoms with van der Waals surface area (Å²) >= 11 is 0. The molecule has 0 spiro atoms. The fourth-order valence-corrected chi connectivity index (χ4v) is 4.43. The number of hydrogen-bond donors (Lipinski definition) is 1. The normalized spacial score (nSPS) is 17.4. The number of rotatable bonds is 2. The SMILES string of the molecule is CC1(C)CC=CC2=C1CC(=O)c1c2ccc2cc(Nc3ccncc3)ccc12. The molecule has 0 unspecified atom stereocenters. The van der Waals surface area contributed by atoms with E-state index in [-0.39, 0.29) is 11.2 Å². The minimum absolute atomic E-state index is 0.0463. The summed E-state index contributed by atoms with van der Waals surface area (Å²) in [6.45, 7) is 4.48. The molecule has 0 fully saturated rings. The molecule has 0 saturated carbocycles. The highest BCUT2D eigenvalue weighted by Gasteiger charge is 2.34. The Morgan fingerprint density at radius 1 is 1.00 bits per heavy atom. The Hall–Kier alpha value is -3.20. The summed E-state index contributed by atoms with van der Waals surface area (Å²) < 4.78 is 0. The van der Waals surface area contributed by atoms with Crippen molar-refractivity contribution < 1.29 is 4.79 Å². The molecule has 2 aromatic carbocycles. The minimum atomic E-state index is 0.0463. The van der Waals surface area contributed by atoms with Gasteiger partial charge in [-0.2, -0.15) is 0 Å². The zero-order chi connectivity index (χ0) is 19.3. The van der Waals surface area contributed by atoms with Crippen LogP contribution in [0.4, 0.5) is 11.4 Å². The number of nitrogens with zero attached hydrogens (tertiary/aromatic N) is 1. The number of fused-ring (bicyclic) bond motifs is 4. The molecule has 1 aromatic heterocycles. The number of ketones is 1. The molecule has 3 aromatic rings. The van der Waals surface area contributed by atoms with Gasteiger partial charge in [0.2, 0.25) is 0 Å². The Morgan fingerprint density at radius 2 is 1.82 bits per heavy atom. The third kappa shape index (κ3) is 2.66. The van der Waals surface area contributed by atoms with Crippen LogP contribution in [0.15, 0.2) is 72.6 Å². The molecule has 0 atom stereocenters. The van der Waals surface area contributed by atoms with Gasteiger partial charge in [-0.15, -0.1) is 0 Å². The van der Waals surface area contributed by atoms with Crippen LogP contribution in [-0.2, 0) is 0 Å². The fourth-order valence-electron chi connectivity index (χ4n) is 4.43. The van der Waals surface area contributed by atoms with Crippen molar-refractivity contribution in [1.82, 2.24) is 4.98 Å². The highest BCUT2D eigenvalue weighted by atomic mass is 16.1. The lowest BCUT2D eigenvalue weighted by Gasteiger charge is -2.35. The molecular formula is C25H22N2O. The van der Waals surface area contributed by atoms with Crippen LogP contribution in [0.2, 0.25) is 0 Å². The second kappa shape index (κ2) is 6.16. The lowest BCUT2D eigenvalue weighted by Crippen LogP contribution is -2.24. The van der Waals surface area contributed by atoms with E-state index in [1.165, 1.54) is 11.1 Å². The van der Waals surface area contributed by atoms with Gasteiger partial charge in [0.25, 0.3) is 0 Å². The van der Waals surface area contributed by atoms with Crippen molar-refractivity contribution in [3.8, 4) is 0 Å². The first-order chi connectivity index (χ1) is 13.5. The number of pyridine rings is 1. The number of allylic oxidation sites excluding steroid dienone is 4. The van der Waals surface area contributed by atoms with E-state index in [1.54, 1.807) is 12.4 Å². The van der Waals surface area contributed by atoms with Gasteiger partial charge in [0.05, 0.1) is 0 Å². The Bertz CT molecular complexity index is 1170. The van der Waals surface area contributed by atoms with Crippen molar-refractivity contribution in [3.63, 3.8) is 0 Å². The number of benzene rings is 2. The zero-order valence-corrected chi connectivity index (χ0v) is 16.1. The number of Topliss-reactive ketones (excluding diaryl/α,β-unsaturated/α-hetero) is 1. The van der Waals surface area contributed by atoms with Gasteiger partial charge in [-0.25, -0.2) is 0 Å². The number of anilines is 2. The number of carbonyl (C=O) groups excluding carboxylic acids is 1. The van der Waals surface area contributed by atoms with Crippen LogP contribution < -0.4 is 5.32 Å². The Balaban J connectivity index is 1.63. The molecule has 2 aliphatic rings. The van der Waals surface area contributed by atoms with E-state index in [1.807, 2.05) is 18.2 Å². The van der Waals surface area contributed by atoms with Gasteiger partial charge in [0.1, 0.15) is 0 Å². The summed E-state index contributed by atoms with van der Waals surface area (Å²) in [5.74, 6) is 0.234. The van der Waals surface area contributed by atoms with E-state index in [9.17, 15) is 4.79 Å². The van der Waals surface area contributed by atoms with Crippen LogP contribution in [0.3, 0.4) is 0 Å². The first-order valence-corrected chi connectivity index (χ1v) is 9.70. The van der Waals surface area contributed by atoms with Crippen LogP contribution in [0.1, 0.15) is 42.6 Å². The highest BCUT2D eigenvalue weighted by molar-refractivity contribution is 6.16. The summed E-state index contributed by atoms with van der Waals surface area (Å²) in [6, 6.07) is 14.3. The van der Waals surface area contributed by atoms with E-state index in [0.29, 0.717) is 6.42 Å². The van der Waals surface area contributed by atoms with Crippen molar-refractivity contribution in [2.75, 3.05) is 5.32 Å². The van der Waals surface area contributed by atoms with Gasteiger partial charge in [-0.1, -0.05) is 44.2 Å². The van der Waals surface area contributed by atoms with Gasteiger partial charge < -0.3 is 5.32 Å². The standard InChI is InChI=1S/C25H22N2O/c1-25(2)11-3-4-20-21-7-5-16-14-18(27-17-9-12-26-13-10-17)6-8-19(16)24(21)23(28)15-22(20)25/h3-10,12-14H,11,15H2,1-2H3,(H,26,27). The summed E-state index contributed by atoms with van der Waals surface area (Å²) in [5, 5.41) is 5.51. The van der Waals surface area contributed by atoms with E-state index >= 15 is 0 Å². The molecule has 0 radical (unpaired) electrons. The van der Waals surface area contributed by atoms with E-state index in [4.69, 9.17) is 0 Å². The largest absolute Gasteiger partial charge is 0.355 e. The molecule has 1 heterocycles. The van der Waals surface area contributed by atoms with Gasteiger partial charge in [-0.3, -0.25) is 9.78 Å². The molecule has 0 amide bonds. The smallest absolute Gasteiger partial charge is 0.168 e. The van der Waals surface area contributed by atoms with Crippen molar-refractivity contribution in [1.29, 1.82) is 0 Å². The average Bonchev–Trinajstić information content (AvgIpc) is 2.69. The Kier molecular flexibility index (Phi) is 3.73. The first kappa shape index (κ1) is 16.9. The second-order valence-electron chi connectivity index (χ2n) is 8.27. The topological polar surface area (TPSA) is 42.0 Å². The van der Waals surface area contributed by atoms with Crippen LogP contribution in [0, 0.1) is 5.41 Å². The van der Waals surface area contributed by atoms with E-state index < -0.39 is 0 Å². The maximum absolute atomic E-state index is 13.1. The minimum Gasteiger partial charge on any atom is -0.355 e. The van der Waals surface area contributed by atoms with E-state index in [2.05, 4.69) is 60.6 Å². The molecular weight excluding hydrogens is 344 g/mol. The Morgan fingerprint density at radius 3 is 2.64 bits per heavy atom. The molecule has 28 heavy (non-hydrogen) atoms. The first-order valence-electron chi connectivity index (χ1n) is 9.70. The third-order valence-corrected chi connectivity index (χ3v) is 5.95.